The van der Waals surface area contributed by atoms with E-state index in [1.165, 1.54) is 36.9 Å². The monoisotopic (exact) mass is 274 g/mol. The van der Waals surface area contributed by atoms with Crippen molar-refractivity contribution in [2.45, 2.75) is 65.1 Å². The van der Waals surface area contributed by atoms with Gasteiger partial charge in [0.05, 0.1) is 0 Å². The Morgan fingerprint density at radius 1 is 1.20 bits per heavy atom. The molecule has 1 N–H and O–H groups in total. The van der Waals surface area contributed by atoms with Gasteiger partial charge in [0.2, 0.25) is 0 Å². The second-order valence-electron chi connectivity index (χ2n) is 6.33. The number of hydrogen-bond acceptors (Lipinski definition) is 2. The molecule has 1 aromatic carbocycles. The van der Waals surface area contributed by atoms with E-state index >= 15 is 0 Å². The molecule has 1 aliphatic rings. The molecule has 112 valence electrons. The number of benzene rings is 1. The summed E-state index contributed by atoms with van der Waals surface area (Å²) in [4.78, 5) is 2.68. The van der Waals surface area contributed by atoms with Gasteiger partial charge >= 0.3 is 0 Å². The van der Waals surface area contributed by atoms with Gasteiger partial charge in [0.15, 0.2) is 0 Å². The van der Waals surface area contributed by atoms with E-state index in [2.05, 4.69) is 55.3 Å². The van der Waals surface area contributed by atoms with Gasteiger partial charge in [0.25, 0.3) is 0 Å². The Bertz CT molecular complexity index is 396. The van der Waals surface area contributed by atoms with E-state index in [1.807, 2.05) is 0 Å². The molecule has 2 nitrogen and oxygen atoms in total. The summed E-state index contributed by atoms with van der Waals surface area (Å²) >= 11 is 0. The second kappa shape index (κ2) is 7.80. The van der Waals surface area contributed by atoms with Crippen molar-refractivity contribution in [2.75, 3.05) is 13.1 Å². The van der Waals surface area contributed by atoms with Crippen LogP contribution >= 0.6 is 0 Å². The quantitative estimate of drug-likeness (QED) is 0.740. The van der Waals surface area contributed by atoms with Crippen molar-refractivity contribution in [3.05, 3.63) is 35.4 Å². The molecule has 1 fully saturated rings. The first-order valence-electron chi connectivity index (χ1n) is 8.25. The fourth-order valence-electron chi connectivity index (χ4n) is 2.79. The van der Waals surface area contributed by atoms with E-state index < -0.39 is 0 Å². The molecule has 0 unspecified atom stereocenters. The van der Waals surface area contributed by atoms with Crippen LogP contribution < -0.4 is 5.32 Å². The number of nitrogens with one attached hydrogen (secondary N) is 1. The first-order valence-corrected chi connectivity index (χ1v) is 8.25. The van der Waals surface area contributed by atoms with E-state index in [4.69, 9.17) is 0 Å². The highest BCUT2D eigenvalue weighted by molar-refractivity contribution is 5.27. The lowest BCUT2D eigenvalue weighted by atomic mass is 10.0. The fraction of sp³-hybridized carbons (Fsp3) is 0.667. The zero-order valence-corrected chi connectivity index (χ0v) is 13.4. The summed E-state index contributed by atoms with van der Waals surface area (Å²) in [5, 5.41) is 3.52. The van der Waals surface area contributed by atoms with Gasteiger partial charge in [-0.15, -0.1) is 0 Å². The van der Waals surface area contributed by atoms with Crippen LogP contribution in [0.5, 0.6) is 0 Å². The first-order chi connectivity index (χ1) is 9.70. The highest BCUT2D eigenvalue weighted by Gasteiger charge is 2.28. The smallest absolute Gasteiger partial charge is 0.0239 e. The van der Waals surface area contributed by atoms with Crippen LogP contribution in [0, 0.1) is 0 Å². The standard InChI is InChI=1S/C18H30N2/c1-4-13-20(18-9-10-18)14-17-8-6-5-7-16(17)11-12-19-15(2)3/h5-8,15,18-19H,4,9-14H2,1-3H3. The van der Waals surface area contributed by atoms with Crippen molar-refractivity contribution in [1.29, 1.82) is 0 Å². The summed E-state index contributed by atoms with van der Waals surface area (Å²) in [5.41, 5.74) is 3.04. The van der Waals surface area contributed by atoms with Crippen molar-refractivity contribution >= 4 is 0 Å². The van der Waals surface area contributed by atoms with Crippen LogP contribution in [-0.4, -0.2) is 30.1 Å². The number of rotatable bonds is 9. The van der Waals surface area contributed by atoms with E-state index in [1.54, 1.807) is 0 Å². The Morgan fingerprint density at radius 3 is 2.50 bits per heavy atom. The van der Waals surface area contributed by atoms with Crippen molar-refractivity contribution in [3.8, 4) is 0 Å². The fourth-order valence-corrected chi connectivity index (χ4v) is 2.79. The van der Waals surface area contributed by atoms with Crippen molar-refractivity contribution in [1.82, 2.24) is 10.2 Å². The zero-order chi connectivity index (χ0) is 14.4. The Hall–Kier alpha value is -0.860. The largest absolute Gasteiger partial charge is 0.314 e. The molecule has 20 heavy (non-hydrogen) atoms. The first kappa shape index (κ1) is 15.5. The summed E-state index contributed by atoms with van der Waals surface area (Å²) in [6, 6.07) is 10.4. The van der Waals surface area contributed by atoms with Gasteiger partial charge < -0.3 is 5.32 Å². The van der Waals surface area contributed by atoms with Gasteiger partial charge in [-0.3, -0.25) is 4.90 Å². The lowest BCUT2D eigenvalue weighted by Gasteiger charge is -2.23. The van der Waals surface area contributed by atoms with E-state index in [9.17, 15) is 0 Å². The summed E-state index contributed by atoms with van der Waals surface area (Å²) in [6.45, 7) is 10.2. The highest BCUT2D eigenvalue weighted by atomic mass is 15.2. The van der Waals surface area contributed by atoms with Crippen LogP contribution in [0.2, 0.25) is 0 Å². The van der Waals surface area contributed by atoms with E-state index in [0.717, 1.165) is 25.6 Å². The molecule has 0 bridgehead atoms. The zero-order valence-electron chi connectivity index (χ0n) is 13.4. The molecule has 0 aliphatic heterocycles. The molecule has 0 spiro atoms. The number of nitrogens with zero attached hydrogens (tertiary/aromatic N) is 1. The van der Waals surface area contributed by atoms with Crippen LogP contribution in [0.3, 0.4) is 0 Å². The van der Waals surface area contributed by atoms with Gasteiger partial charge in [-0.25, -0.2) is 0 Å². The molecule has 1 aromatic rings. The van der Waals surface area contributed by atoms with Crippen LogP contribution in [0.4, 0.5) is 0 Å². The van der Waals surface area contributed by atoms with Crippen LogP contribution in [0.25, 0.3) is 0 Å². The normalized spacial score (nSPS) is 15.2. The Morgan fingerprint density at radius 2 is 1.90 bits per heavy atom. The molecule has 0 aromatic heterocycles. The molecule has 2 rings (SSSR count). The molecule has 1 saturated carbocycles. The van der Waals surface area contributed by atoms with Gasteiger partial charge in [0, 0.05) is 18.6 Å². The molecule has 0 saturated heterocycles. The lowest BCUT2D eigenvalue weighted by Crippen LogP contribution is -2.28. The second-order valence-corrected chi connectivity index (χ2v) is 6.33. The molecular formula is C18H30N2. The predicted molar refractivity (Wildman–Crippen MR) is 87.0 cm³/mol. The summed E-state index contributed by atoms with van der Waals surface area (Å²) in [5.74, 6) is 0. The average molecular weight is 274 g/mol. The maximum absolute atomic E-state index is 3.52. The van der Waals surface area contributed by atoms with Crippen LogP contribution in [0.1, 0.15) is 51.2 Å². The minimum atomic E-state index is 0.574. The molecule has 2 heteroatoms. The molecule has 0 amide bonds. The summed E-state index contributed by atoms with van der Waals surface area (Å²) < 4.78 is 0. The average Bonchev–Trinajstić information content (AvgIpc) is 3.24. The van der Waals surface area contributed by atoms with Crippen molar-refractivity contribution in [3.63, 3.8) is 0 Å². The van der Waals surface area contributed by atoms with E-state index in [-0.39, 0.29) is 0 Å². The summed E-state index contributed by atoms with van der Waals surface area (Å²) in [7, 11) is 0. The Balaban J connectivity index is 1.95. The third kappa shape index (κ3) is 4.92. The SMILES string of the molecule is CCCN(Cc1ccccc1CCNC(C)C)C1CC1. The van der Waals surface area contributed by atoms with E-state index in [0.29, 0.717) is 6.04 Å². The van der Waals surface area contributed by atoms with Crippen molar-refractivity contribution in [2.24, 2.45) is 0 Å². The topological polar surface area (TPSA) is 15.3 Å². The van der Waals surface area contributed by atoms with Crippen molar-refractivity contribution < 1.29 is 0 Å². The van der Waals surface area contributed by atoms with Gasteiger partial charge in [0.1, 0.15) is 0 Å². The minimum Gasteiger partial charge on any atom is -0.314 e. The third-order valence-corrected chi connectivity index (χ3v) is 4.01. The molecule has 0 radical (unpaired) electrons. The predicted octanol–water partition coefficient (Wildman–Crippen LogP) is 3.60. The highest BCUT2D eigenvalue weighted by Crippen LogP contribution is 2.29. The maximum Gasteiger partial charge on any atom is 0.0239 e. The summed E-state index contributed by atoms with van der Waals surface area (Å²) in [6.07, 6.45) is 5.20. The van der Waals surface area contributed by atoms with Gasteiger partial charge in [-0.2, -0.15) is 0 Å². The Kier molecular flexibility index (Phi) is 6.06. The third-order valence-electron chi connectivity index (χ3n) is 4.01. The Labute approximate surface area is 124 Å². The molecule has 0 atom stereocenters. The van der Waals surface area contributed by atoms with Crippen LogP contribution in [0.15, 0.2) is 24.3 Å². The maximum atomic E-state index is 3.52. The lowest BCUT2D eigenvalue weighted by molar-refractivity contribution is 0.254. The molecule has 1 aliphatic carbocycles. The minimum absolute atomic E-state index is 0.574. The molecule has 0 heterocycles. The number of hydrogen-bond donors (Lipinski definition) is 1. The van der Waals surface area contributed by atoms with Gasteiger partial charge in [-0.05, 0) is 49.9 Å². The van der Waals surface area contributed by atoms with Gasteiger partial charge in [-0.1, -0.05) is 45.0 Å². The molecular weight excluding hydrogens is 244 g/mol. The van der Waals surface area contributed by atoms with Crippen LogP contribution in [-0.2, 0) is 13.0 Å².